The zero-order valence-electron chi connectivity index (χ0n) is 7.74. The maximum Gasteiger partial charge on any atom is 0.360 e. The Morgan fingerprint density at radius 3 is 1.30 bits per heavy atom. The van der Waals surface area contributed by atoms with Crippen molar-refractivity contribution >= 4 is 42.3 Å². The second-order valence-corrected chi connectivity index (χ2v) is 15.4. The molecule has 0 rings (SSSR count). The SMILES string of the molecule is Br.CC[Si](CC)(CC)[Mg][CH3]. The van der Waals surface area contributed by atoms with Gasteiger partial charge in [-0.15, -0.1) is 17.0 Å². The van der Waals surface area contributed by atoms with E-state index in [1.54, 1.807) is 18.1 Å². The average Bonchev–Trinajstić information content (AvgIpc) is 1.95. The first-order valence-corrected chi connectivity index (χ1v) is 10.6. The molecule has 0 aliphatic carbocycles. The van der Waals surface area contributed by atoms with Gasteiger partial charge in [0.05, 0.1) is 0 Å². The lowest BCUT2D eigenvalue weighted by Crippen LogP contribution is -2.37. The van der Waals surface area contributed by atoms with E-state index in [0.29, 0.717) is 19.6 Å². The van der Waals surface area contributed by atoms with Crippen LogP contribution in [0.5, 0.6) is 0 Å². The van der Waals surface area contributed by atoms with Crippen molar-refractivity contribution in [1.82, 2.24) is 0 Å². The van der Waals surface area contributed by atoms with Crippen LogP contribution in [0.4, 0.5) is 0 Å². The first kappa shape index (κ1) is 14.0. The van der Waals surface area contributed by atoms with Gasteiger partial charge in [0.15, 0.2) is 0 Å². The van der Waals surface area contributed by atoms with Gasteiger partial charge in [-0.2, -0.15) is 5.05 Å². The molecule has 60 valence electrons. The molecular formula is C7H19BrMgSi. The van der Waals surface area contributed by atoms with E-state index in [-0.39, 0.29) is 17.0 Å². The second kappa shape index (κ2) is 7.13. The summed E-state index contributed by atoms with van der Waals surface area (Å²) in [4.78, 5) is 0. The van der Waals surface area contributed by atoms with Gasteiger partial charge < -0.3 is 0 Å². The molecule has 10 heavy (non-hydrogen) atoms. The third-order valence-corrected chi connectivity index (χ3v) is 18.0. The van der Waals surface area contributed by atoms with Crippen molar-refractivity contribution in [2.45, 2.75) is 44.0 Å². The third-order valence-electron chi connectivity index (χ3n) is 3.00. The zero-order chi connectivity index (χ0) is 7.33. The van der Waals surface area contributed by atoms with Crippen LogP contribution in [0, 0.1) is 0 Å². The van der Waals surface area contributed by atoms with Crippen molar-refractivity contribution in [3.8, 4) is 0 Å². The highest BCUT2D eigenvalue weighted by molar-refractivity contribution is 8.93. The van der Waals surface area contributed by atoms with Crippen LogP contribution in [0.1, 0.15) is 20.8 Å². The molecule has 0 unspecified atom stereocenters. The van der Waals surface area contributed by atoms with Crippen LogP contribution >= 0.6 is 17.0 Å². The maximum absolute atomic E-state index is 2.50. The molecule has 0 aliphatic heterocycles. The highest BCUT2D eigenvalue weighted by atomic mass is 79.9. The van der Waals surface area contributed by atoms with Crippen LogP contribution in [0.25, 0.3) is 0 Å². The van der Waals surface area contributed by atoms with Crippen LogP contribution in [0.2, 0.25) is 23.2 Å². The number of hydrogen-bond acceptors (Lipinski definition) is 0. The summed E-state index contributed by atoms with van der Waals surface area (Å²) in [7, 11) is 0. The predicted molar refractivity (Wildman–Crippen MR) is 59.1 cm³/mol. The van der Waals surface area contributed by atoms with E-state index < -0.39 is 5.72 Å². The van der Waals surface area contributed by atoms with Crippen molar-refractivity contribution in [3.05, 3.63) is 0 Å². The van der Waals surface area contributed by atoms with Gasteiger partial charge in [0.2, 0.25) is 0 Å². The largest absolute Gasteiger partial charge is 0.360 e. The molecule has 0 heterocycles. The van der Waals surface area contributed by atoms with Crippen molar-refractivity contribution in [3.63, 3.8) is 0 Å². The van der Waals surface area contributed by atoms with Gasteiger partial charge in [-0.05, 0) is 0 Å². The van der Waals surface area contributed by atoms with Crippen LogP contribution < -0.4 is 0 Å². The van der Waals surface area contributed by atoms with E-state index in [2.05, 4.69) is 25.8 Å². The molecule has 0 aromatic rings. The Labute approximate surface area is 85.8 Å². The quantitative estimate of drug-likeness (QED) is 0.656. The molecule has 3 heteroatoms. The first-order chi connectivity index (χ1) is 4.24. The van der Waals surface area contributed by atoms with Crippen LogP contribution in [-0.2, 0) is 0 Å². The summed E-state index contributed by atoms with van der Waals surface area (Å²) in [5.74, 6) is 0. The Balaban J connectivity index is 0. The molecule has 0 saturated heterocycles. The molecule has 0 fully saturated rings. The first-order valence-electron chi connectivity index (χ1n) is 4.24. The van der Waals surface area contributed by atoms with Crippen LogP contribution in [0.3, 0.4) is 0 Å². The molecular weight excluding hydrogens is 216 g/mol. The lowest BCUT2D eigenvalue weighted by Gasteiger charge is -2.26. The van der Waals surface area contributed by atoms with Gasteiger partial charge in [-0.25, -0.2) is 0 Å². The van der Waals surface area contributed by atoms with Gasteiger partial charge in [0.25, 0.3) is 0 Å². The van der Waals surface area contributed by atoms with E-state index in [1.165, 1.54) is 0 Å². The molecule has 0 spiro atoms. The van der Waals surface area contributed by atoms with Crippen molar-refractivity contribution < 1.29 is 0 Å². The predicted octanol–water partition coefficient (Wildman–Crippen LogP) is 3.32. The summed E-state index contributed by atoms with van der Waals surface area (Å²) in [5, 5.41) is 2.50. The van der Waals surface area contributed by atoms with Crippen molar-refractivity contribution in [2.75, 3.05) is 0 Å². The fourth-order valence-corrected chi connectivity index (χ4v) is 9.00. The zero-order valence-corrected chi connectivity index (χ0v) is 11.9. The summed E-state index contributed by atoms with van der Waals surface area (Å²) < 4.78 is 0. The summed E-state index contributed by atoms with van der Waals surface area (Å²) in [5.41, 5.74) is -0.552. The molecule has 0 aliphatic rings. The van der Waals surface area contributed by atoms with E-state index in [9.17, 15) is 0 Å². The minimum Gasteiger partial charge on any atom is -0.159 e. The van der Waals surface area contributed by atoms with Crippen molar-refractivity contribution in [1.29, 1.82) is 0 Å². The maximum atomic E-state index is 2.50. The molecule has 0 radical (unpaired) electrons. The Kier molecular flexibility index (Phi) is 9.99. The van der Waals surface area contributed by atoms with E-state index in [4.69, 9.17) is 0 Å². The van der Waals surface area contributed by atoms with Gasteiger partial charge >= 0.3 is 19.6 Å². The third kappa shape index (κ3) is 3.74. The molecule has 0 aromatic carbocycles. The van der Waals surface area contributed by atoms with Gasteiger partial charge in [-0.1, -0.05) is 44.6 Å². The minimum absolute atomic E-state index is 0. The Bertz CT molecular complexity index is 56.5. The van der Waals surface area contributed by atoms with Gasteiger partial charge in [-0.3, -0.25) is 0 Å². The molecule has 0 atom stereocenters. The summed E-state index contributed by atoms with van der Waals surface area (Å²) in [6, 6.07) is 4.63. The fraction of sp³-hybridized carbons (Fsp3) is 1.00. The van der Waals surface area contributed by atoms with Gasteiger partial charge in [0, 0.05) is 0 Å². The fourth-order valence-electron chi connectivity index (χ4n) is 1.50. The minimum atomic E-state index is -0.552. The average molecular weight is 236 g/mol. The number of hydrogen-bond donors (Lipinski definition) is 0. The van der Waals surface area contributed by atoms with Gasteiger partial charge in [0.1, 0.15) is 0 Å². The van der Waals surface area contributed by atoms with Crippen LogP contribution in [-0.4, -0.2) is 25.3 Å². The monoisotopic (exact) mass is 234 g/mol. The normalized spacial score (nSPS) is 10.0. The molecule has 0 aromatic heterocycles. The lowest BCUT2D eigenvalue weighted by molar-refractivity contribution is 1.22. The molecule has 0 nitrogen and oxygen atoms in total. The molecule has 0 amide bonds. The molecule has 0 saturated carbocycles. The standard InChI is InChI=1S/C6H15Si.CH3.BrH.Mg/c1-4-7(5-2)6-3;;;/h4-6H2,1-3H3;1H3;1H;. The second-order valence-electron chi connectivity index (χ2n) is 2.91. The van der Waals surface area contributed by atoms with Crippen LogP contribution in [0.15, 0.2) is 0 Å². The summed E-state index contributed by atoms with van der Waals surface area (Å²) in [6.45, 7) is 7.20. The highest BCUT2D eigenvalue weighted by Gasteiger charge is 2.23. The molecule has 0 bridgehead atoms. The number of rotatable bonds is 4. The highest BCUT2D eigenvalue weighted by Crippen LogP contribution is 2.17. The Morgan fingerprint density at radius 2 is 1.30 bits per heavy atom. The topological polar surface area (TPSA) is 0 Å². The summed E-state index contributed by atoms with van der Waals surface area (Å²) in [6.07, 6.45) is 0. The van der Waals surface area contributed by atoms with E-state index in [0.717, 1.165) is 0 Å². The van der Waals surface area contributed by atoms with E-state index in [1.807, 2.05) is 0 Å². The van der Waals surface area contributed by atoms with Crippen molar-refractivity contribution in [2.24, 2.45) is 0 Å². The summed E-state index contributed by atoms with van der Waals surface area (Å²) >= 11 is 0.360. The smallest absolute Gasteiger partial charge is 0.159 e. The number of halogens is 1. The Hall–Kier alpha value is 1.46. The lowest BCUT2D eigenvalue weighted by atomic mass is 10.9. The Morgan fingerprint density at radius 1 is 1.00 bits per heavy atom. The molecule has 0 N–H and O–H groups in total. The van der Waals surface area contributed by atoms with E-state index >= 15 is 0 Å².